The van der Waals surface area contributed by atoms with Crippen LogP contribution >= 0.6 is 0 Å². The minimum absolute atomic E-state index is 0.0108. The average Bonchev–Trinajstić information content (AvgIpc) is 2.67. The van der Waals surface area contributed by atoms with E-state index in [2.05, 4.69) is 28.5 Å². The molecule has 1 amide bonds. The van der Waals surface area contributed by atoms with Gasteiger partial charge in [-0.3, -0.25) is 9.78 Å². The second-order valence-electron chi connectivity index (χ2n) is 6.49. The summed E-state index contributed by atoms with van der Waals surface area (Å²) in [4.78, 5) is 16.9. The lowest BCUT2D eigenvalue weighted by Crippen LogP contribution is -2.46. The van der Waals surface area contributed by atoms with Gasteiger partial charge in [-0.15, -0.1) is 0 Å². The SMILES string of the molecule is O=C(NCCO)C1(Cc2cccc(-c3cccnc3)c2)CCOCC1. The van der Waals surface area contributed by atoms with E-state index in [0.717, 1.165) is 16.7 Å². The number of nitrogens with zero attached hydrogens (tertiary/aromatic N) is 1. The molecular weight excluding hydrogens is 316 g/mol. The molecule has 1 aliphatic rings. The van der Waals surface area contributed by atoms with E-state index < -0.39 is 5.41 Å². The summed E-state index contributed by atoms with van der Waals surface area (Å²) in [5.41, 5.74) is 2.82. The third kappa shape index (κ3) is 4.24. The minimum atomic E-state index is -0.471. The molecule has 2 heterocycles. The van der Waals surface area contributed by atoms with Gasteiger partial charge < -0.3 is 15.2 Å². The first-order valence-corrected chi connectivity index (χ1v) is 8.70. The van der Waals surface area contributed by atoms with Crippen LogP contribution in [0.25, 0.3) is 11.1 Å². The number of amides is 1. The zero-order valence-electron chi connectivity index (χ0n) is 14.3. The van der Waals surface area contributed by atoms with Crippen LogP contribution in [0.3, 0.4) is 0 Å². The normalized spacial score (nSPS) is 16.4. The Kier molecular flexibility index (Phi) is 5.79. The maximum Gasteiger partial charge on any atom is 0.226 e. The van der Waals surface area contributed by atoms with Gasteiger partial charge >= 0.3 is 0 Å². The number of rotatable bonds is 6. The standard InChI is InChI=1S/C20H24N2O3/c23-10-9-22-19(24)20(6-11-25-12-7-20)14-16-3-1-4-17(13-16)18-5-2-8-21-15-18/h1-5,8,13,15,23H,6-7,9-12,14H2,(H,22,24). The van der Waals surface area contributed by atoms with Gasteiger partial charge in [0.15, 0.2) is 0 Å². The largest absolute Gasteiger partial charge is 0.395 e. The van der Waals surface area contributed by atoms with Crippen LogP contribution in [-0.2, 0) is 16.0 Å². The summed E-state index contributed by atoms with van der Waals surface area (Å²) in [6.45, 7) is 1.43. The van der Waals surface area contributed by atoms with Gasteiger partial charge in [-0.1, -0.05) is 30.3 Å². The van der Waals surface area contributed by atoms with Gasteiger partial charge in [0.2, 0.25) is 5.91 Å². The number of benzene rings is 1. The summed E-state index contributed by atoms with van der Waals surface area (Å²) in [6, 6.07) is 12.2. The van der Waals surface area contributed by atoms with Crippen molar-refractivity contribution in [3.05, 3.63) is 54.4 Å². The smallest absolute Gasteiger partial charge is 0.226 e. The van der Waals surface area contributed by atoms with E-state index in [0.29, 0.717) is 32.5 Å². The second kappa shape index (κ2) is 8.23. The molecule has 0 aliphatic carbocycles. The number of pyridine rings is 1. The topological polar surface area (TPSA) is 71.5 Å². The highest BCUT2D eigenvalue weighted by Gasteiger charge is 2.39. The molecule has 0 spiro atoms. The van der Waals surface area contributed by atoms with Crippen LogP contribution in [0.5, 0.6) is 0 Å². The molecule has 0 bridgehead atoms. The molecule has 1 aliphatic heterocycles. The van der Waals surface area contributed by atoms with Crippen molar-refractivity contribution in [2.24, 2.45) is 5.41 Å². The average molecular weight is 340 g/mol. The molecule has 3 rings (SSSR count). The van der Waals surface area contributed by atoms with E-state index in [-0.39, 0.29) is 19.1 Å². The van der Waals surface area contributed by atoms with Crippen molar-refractivity contribution in [2.45, 2.75) is 19.3 Å². The van der Waals surface area contributed by atoms with Crippen LogP contribution < -0.4 is 5.32 Å². The zero-order valence-corrected chi connectivity index (χ0v) is 14.3. The van der Waals surface area contributed by atoms with E-state index in [4.69, 9.17) is 9.84 Å². The van der Waals surface area contributed by atoms with Gasteiger partial charge in [0.25, 0.3) is 0 Å². The first-order valence-electron chi connectivity index (χ1n) is 8.70. The molecule has 0 radical (unpaired) electrons. The molecular formula is C20H24N2O3. The van der Waals surface area contributed by atoms with Gasteiger partial charge in [-0.2, -0.15) is 0 Å². The van der Waals surface area contributed by atoms with E-state index in [1.165, 1.54) is 0 Å². The number of aliphatic hydroxyl groups excluding tert-OH is 1. The van der Waals surface area contributed by atoms with Gasteiger partial charge in [0.1, 0.15) is 0 Å². The summed E-state index contributed by atoms with van der Waals surface area (Å²) in [6.07, 6.45) is 5.66. The van der Waals surface area contributed by atoms with E-state index in [1.54, 1.807) is 6.20 Å². The maximum absolute atomic E-state index is 12.8. The molecule has 0 unspecified atom stereocenters. The Morgan fingerprint density at radius 3 is 2.72 bits per heavy atom. The van der Waals surface area contributed by atoms with Crippen molar-refractivity contribution in [3.63, 3.8) is 0 Å². The van der Waals surface area contributed by atoms with Crippen molar-refractivity contribution in [1.82, 2.24) is 10.3 Å². The molecule has 0 atom stereocenters. The lowest BCUT2D eigenvalue weighted by Gasteiger charge is -2.36. The fraction of sp³-hybridized carbons (Fsp3) is 0.400. The number of ether oxygens (including phenoxy) is 1. The summed E-state index contributed by atoms with van der Waals surface area (Å²) in [5.74, 6) is 0.0108. The fourth-order valence-electron chi connectivity index (χ4n) is 3.39. The number of carbonyl (C=O) groups excluding carboxylic acids is 1. The summed E-state index contributed by atoms with van der Waals surface area (Å²) in [7, 11) is 0. The van der Waals surface area contributed by atoms with Crippen molar-refractivity contribution in [1.29, 1.82) is 0 Å². The molecule has 0 saturated carbocycles. The van der Waals surface area contributed by atoms with Crippen LogP contribution in [0, 0.1) is 5.41 Å². The van der Waals surface area contributed by atoms with Crippen molar-refractivity contribution in [2.75, 3.05) is 26.4 Å². The Bertz CT molecular complexity index is 697. The highest BCUT2D eigenvalue weighted by atomic mass is 16.5. The molecule has 132 valence electrons. The second-order valence-corrected chi connectivity index (χ2v) is 6.49. The molecule has 1 saturated heterocycles. The molecule has 25 heavy (non-hydrogen) atoms. The Morgan fingerprint density at radius 2 is 2.00 bits per heavy atom. The molecule has 1 fully saturated rings. The van der Waals surface area contributed by atoms with Crippen LogP contribution in [0.15, 0.2) is 48.8 Å². The lowest BCUT2D eigenvalue weighted by molar-refractivity contribution is -0.136. The summed E-state index contributed by atoms with van der Waals surface area (Å²) >= 11 is 0. The van der Waals surface area contributed by atoms with Gasteiger partial charge in [-0.25, -0.2) is 0 Å². The Morgan fingerprint density at radius 1 is 1.20 bits per heavy atom. The summed E-state index contributed by atoms with van der Waals surface area (Å²) in [5, 5.41) is 11.9. The monoisotopic (exact) mass is 340 g/mol. The van der Waals surface area contributed by atoms with Crippen molar-refractivity contribution in [3.8, 4) is 11.1 Å². The lowest BCUT2D eigenvalue weighted by atomic mass is 9.74. The van der Waals surface area contributed by atoms with Gasteiger partial charge in [0.05, 0.1) is 12.0 Å². The Balaban J connectivity index is 1.83. The number of hydrogen-bond acceptors (Lipinski definition) is 4. The minimum Gasteiger partial charge on any atom is -0.395 e. The molecule has 5 heteroatoms. The van der Waals surface area contributed by atoms with Gasteiger partial charge in [0, 0.05) is 32.2 Å². The van der Waals surface area contributed by atoms with E-state index in [1.807, 2.05) is 24.4 Å². The van der Waals surface area contributed by atoms with Crippen LogP contribution in [0.2, 0.25) is 0 Å². The summed E-state index contributed by atoms with van der Waals surface area (Å²) < 4.78 is 5.47. The number of nitrogens with one attached hydrogen (secondary N) is 1. The number of aliphatic hydroxyl groups is 1. The first-order chi connectivity index (χ1) is 12.2. The first kappa shape index (κ1) is 17.6. The third-order valence-electron chi connectivity index (χ3n) is 4.79. The third-order valence-corrected chi connectivity index (χ3v) is 4.79. The van der Waals surface area contributed by atoms with E-state index >= 15 is 0 Å². The molecule has 2 N–H and O–H groups in total. The highest BCUT2D eigenvalue weighted by Crippen LogP contribution is 2.35. The van der Waals surface area contributed by atoms with Gasteiger partial charge in [-0.05, 0) is 42.0 Å². The number of aromatic nitrogens is 1. The Labute approximate surface area is 148 Å². The van der Waals surface area contributed by atoms with Crippen molar-refractivity contribution >= 4 is 5.91 Å². The highest BCUT2D eigenvalue weighted by molar-refractivity contribution is 5.83. The van der Waals surface area contributed by atoms with Crippen LogP contribution in [-0.4, -0.2) is 42.4 Å². The van der Waals surface area contributed by atoms with Crippen LogP contribution in [0.4, 0.5) is 0 Å². The van der Waals surface area contributed by atoms with E-state index in [9.17, 15) is 4.79 Å². The molecule has 1 aromatic heterocycles. The zero-order chi connectivity index (χ0) is 17.5. The molecule has 2 aromatic rings. The maximum atomic E-state index is 12.8. The Hall–Kier alpha value is -2.24. The fourth-order valence-corrected chi connectivity index (χ4v) is 3.39. The quantitative estimate of drug-likeness (QED) is 0.846. The predicted octanol–water partition coefficient (Wildman–Crippen LogP) is 2.20. The van der Waals surface area contributed by atoms with Crippen LogP contribution in [0.1, 0.15) is 18.4 Å². The number of hydrogen-bond donors (Lipinski definition) is 2. The number of carbonyl (C=O) groups is 1. The van der Waals surface area contributed by atoms with Crippen molar-refractivity contribution < 1.29 is 14.6 Å². The molecule has 5 nitrogen and oxygen atoms in total. The molecule has 1 aromatic carbocycles. The predicted molar refractivity (Wildman–Crippen MR) is 96.0 cm³/mol.